The molecular weight excluding hydrogens is 294 g/mol. The number of ether oxygens (including phenoxy) is 1. The predicted octanol–water partition coefficient (Wildman–Crippen LogP) is 2.32. The van der Waals surface area contributed by atoms with Gasteiger partial charge in [-0.15, -0.1) is 11.3 Å². The van der Waals surface area contributed by atoms with Crippen LogP contribution in [-0.4, -0.2) is 37.2 Å². The zero-order chi connectivity index (χ0) is 14.5. The molecule has 1 aliphatic rings. The average molecular weight is 311 g/mol. The van der Waals surface area contributed by atoms with Crippen LogP contribution in [0.5, 0.6) is 0 Å². The van der Waals surface area contributed by atoms with Crippen LogP contribution in [0, 0.1) is 11.3 Å². The first kappa shape index (κ1) is 15.0. The number of esters is 1. The lowest BCUT2D eigenvalue weighted by Gasteiger charge is -2.21. The number of nitrogen functional groups attached to an aromatic ring is 1. The van der Waals surface area contributed by atoms with E-state index in [0.717, 1.165) is 36.0 Å². The lowest BCUT2D eigenvalue weighted by atomic mass is 10.2. The van der Waals surface area contributed by atoms with Crippen molar-refractivity contribution in [2.75, 3.05) is 41.8 Å². The SMILES string of the molecule is CCOC(=O)c1c(N2CCCSCC2)sc(C#N)c1N. The third-order valence-electron chi connectivity index (χ3n) is 3.02. The molecule has 2 rings (SSSR count). The van der Waals surface area contributed by atoms with E-state index in [-0.39, 0.29) is 5.69 Å². The molecule has 0 amide bonds. The minimum atomic E-state index is -0.436. The molecule has 0 aliphatic carbocycles. The van der Waals surface area contributed by atoms with E-state index < -0.39 is 5.97 Å². The molecule has 0 spiro atoms. The van der Waals surface area contributed by atoms with E-state index in [0.29, 0.717) is 17.0 Å². The summed E-state index contributed by atoms with van der Waals surface area (Å²) in [7, 11) is 0. The van der Waals surface area contributed by atoms with Gasteiger partial charge in [0, 0.05) is 18.8 Å². The van der Waals surface area contributed by atoms with Crippen molar-refractivity contribution in [3.8, 4) is 6.07 Å². The van der Waals surface area contributed by atoms with Crippen LogP contribution < -0.4 is 10.6 Å². The summed E-state index contributed by atoms with van der Waals surface area (Å²) in [5.74, 6) is 1.70. The third kappa shape index (κ3) is 3.02. The second-order valence-electron chi connectivity index (χ2n) is 4.31. The van der Waals surface area contributed by atoms with Crippen molar-refractivity contribution in [1.82, 2.24) is 0 Å². The van der Waals surface area contributed by atoms with Gasteiger partial charge >= 0.3 is 5.97 Å². The van der Waals surface area contributed by atoms with Gasteiger partial charge < -0.3 is 15.4 Å². The van der Waals surface area contributed by atoms with Crippen molar-refractivity contribution in [2.24, 2.45) is 0 Å². The second kappa shape index (κ2) is 6.86. The van der Waals surface area contributed by atoms with Gasteiger partial charge in [-0.05, 0) is 19.1 Å². The fourth-order valence-electron chi connectivity index (χ4n) is 2.09. The summed E-state index contributed by atoms with van der Waals surface area (Å²) in [6.45, 7) is 3.80. The molecule has 5 nitrogen and oxygen atoms in total. The van der Waals surface area contributed by atoms with E-state index >= 15 is 0 Å². The number of hydrogen-bond acceptors (Lipinski definition) is 7. The fourth-order valence-corrected chi connectivity index (χ4v) is 4.03. The van der Waals surface area contributed by atoms with Crippen LogP contribution in [0.15, 0.2) is 0 Å². The molecule has 20 heavy (non-hydrogen) atoms. The number of thiophene rings is 1. The van der Waals surface area contributed by atoms with Crippen LogP contribution in [0.4, 0.5) is 10.7 Å². The van der Waals surface area contributed by atoms with Crippen LogP contribution in [0.2, 0.25) is 0 Å². The molecule has 1 saturated heterocycles. The lowest BCUT2D eigenvalue weighted by Crippen LogP contribution is -2.26. The van der Waals surface area contributed by atoms with E-state index in [4.69, 9.17) is 15.7 Å². The molecule has 1 aliphatic heterocycles. The summed E-state index contributed by atoms with van der Waals surface area (Å²) < 4.78 is 5.08. The molecule has 0 saturated carbocycles. The molecule has 0 unspecified atom stereocenters. The van der Waals surface area contributed by atoms with Crippen molar-refractivity contribution >= 4 is 39.8 Å². The number of nitrogens with two attached hydrogens (primary N) is 1. The summed E-state index contributed by atoms with van der Waals surface area (Å²) in [6, 6.07) is 2.06. The Balaban J connectivity index is 2.40. The number of carbonyl (C=O) groups excluding carboxylic acids is 1. The number of thioether (sulfide) groups is 1. The van der Waals surface area contributed by atoms with Gasteiger partial charge in [0.1, 0.15) is 21.5 Å². The van der Waals surface area contributed by atoms with E-state index in [1.165, 1.54) is 11.3 Å². The van der Waals surface area contributed by atoms with E-state index in [1.54, 1.807) is 6.92 Å². The van der Waals surface area contributed by atoms with Crippen molar-refractivity contribution in [3.63, 3.8) is 0 Å². The first-order chi connectivity index (χ1) is 9.69. The quantitative estimate of drug-likeness (QED) is 0.863. The number of nitriles is 1. The van der Waals surface area contributed by atoms with Gasteiger partial charge in [-0.1, -0.05) is 0 Å². The maximum absolute atomic E-state index is 12.1. The Kier molecular flexibility index (Phi) is 5.15. The van der Waals surface area contributed by atoms with Crippen LogP contribution in [0.25, 0.3) is 0 Å². The number of carbonyl (C=O) groups is 1. The normalized spacial score (nSPS) is 15.5. The molecule has 0 radical (unpaired) electrons. The molecule has 1 fully saturated rings. The van der Waals surface area contributed by atoms with E-state index in [1.807, 2.05) is 11.8 Å². The van der Waals surface area contributed by atoms with E-state index in [9.17, 15) is 4.79 Å². The third-order valence-corrected chi connectivity index (χ3v) is 5.24. The van der Waals surface area contributed by atoms with Crippen molar-refractivity contribution in [1.29, 1.82) is 5.26 Å². The van der Waals surface area contributed by atoms with Crippen molar-refractivity contribution < 1.29 is 9.53 Å². The minimum absolute atomic E-state index is 0.253. The molecule has 2 N–H and O–H groups in total. The largest absolute Gasteiger partial charge is 0.462 e. The summed E-state index contributed by atoms with van der Waals surface area (Å²) in [5, 5.41) is 9.91. The molecule has 108 valence electrons. The first-order valence-corrected chi connectivity index (χ1v) is 8.48. The van der Waals surface area contributed by atoms with Gasteiger partial charge in [-0.25, -0.2) is 4.79 Å². The molecular formula is C13H17N3O2S2. The van der Waals surface area contributed by atoms with Gasteiger partial charge in [-0.2, -0.15) is 17.0 Å². The zero-order valence-corrected chi connectivity index (χ0v) is 13.0. The topological polar surface area (TPSA) is 79.3 Å². The molecule has 1 aromatic heterocycles. The van der Waals surface area contributed by atoms with Crippen molar-refractivity contribution in [2.45, 2.75) is 13.3 Å². The number of nitrogens with zero attached hydrogens (tertiary/aromatic N) is 2. The smallest absolute Gasteiger partial charge is 0.343 e. The molecule has 0 atom stereocenters. The summed E-state index contributed by atoms with van der Waals surface area (Å²) in [5.41, 5.74) is 6.56. The molecule has 7 heteroatoms. The highest BCUT2D eigenvalue weighted by molar-refractivity contribution is 7.99. The Bertz CT molecular complexity index is 528. The van der Waals surface area contributed by atoms with Crippen LogP contribution in [0.1, 0.15) is 28.6 Å². The number of rotatable bonds is 3. The van der Waals surface area contributed by atoms with Gasteiger partial charge in [0.15, 0.2) is 0 Å². The zero-order valence-electron chi connectivity index (χ0n) is 11.3. The van der Waals surface area contributed by atoms with Crippen LogP contribution >= 0.6 is 23.1 Å². The molecule has 1 aromatic rings. The minimum Gasteiger partial charge on any atom is -0.462 e. The fraction of sp³-hybridized carbons (Fsp3) is 0.538. The van der Waals surface area contributed by atoms with Gasteiger partial charge in [0.2, 0.25) is 0 Å². The summed E-state index contributed by atoms with van der Waals surface area (Å²) in [6.07, 6.45) is 1.06. The maximum atomic E-state index is 12.1. The highest BCUT2D eigenvalue weighted by Gasteiger charge is 2.27. The first-order valence-electron chi connectivity index (χ1n) is 6.51. The Labute approximate surface area is 126 Å². The number of hydrogen-bond donors (Lipinski definition) is 1. The van der Waals surface area contributed by atoms with Gasteiger partial charge in [0.25, 0.3) is 0 Å². The highest BCUT2D eigenvalue weighted by atomic mass is 32.2. The Hall–Kier alpha value is -1.39. The Morgan fingerprint density at radius 1 is 1.50 bits per heavy atom. The Morgan fingerprint density at radius 3 is 3.00 bits per heavy atom. The van der Waals surface area contributed by atoms with E-state index in [2.05, 4.69) is 11.0 Å². The molecule has 2 heterocycles. The number of anilines is 2. The standard InChI is InChI=1S/C13H17N3O2S2/c1-2-18-13(17)10-11(15)9(8-14)20-12(10)16-4-3-6-19-7-5-16/h2-7,15H2,1H3. The molecule has 0 bridgehead atoms. The Morgan fingerprint density at radius 2 is 2.30 bits per heavy atom. The van der Waals surface area contributed by atoms with Crippen LogP contribution in [0.3, 0.4) is 0 Å². The van der Waals surface area contributed by atoms with Gasteiger partial charge in [-0.3, -0.25) is 0 Å². The maximum Gasteiger partial charge on any atom is 0.343 e. The summed E-state index contributed by atoms with van der Waals surface area (Å²) in [4.78, 5) is 14.6. The highest BCUT2D eigenvalue weighted by Crippen LogP contribution is 2.39. The monoisotopic (exact) mass is 311 g/mol. The average Bonchev–Trinajstić information content (AvgIpc) is 2.63. The van der Waals surface area contributed by atoms with Crippen LogP contribution in [-0.2, 0) is 4.74 Å². The van der Waals surface area contributed by atoms with Gasteiger partial charge in [0.05, 0.1) is 12.3 Å². The second-order valence-corrected chi connectivity index (χ2v) is 6.53. The van der Waals surface area contributed by atoms with Crippen molar-refractivity contribution in [3.05, 3.63) is 10.4 Å². The predicted molar refractivity (Wildman–Crippen MR) is 83.6 cm³/mol. The molecule has 0 aromatic carbocycles. The lowest BCUT2D eigenvalue weighted by molar-refractivity contribution is 0.0529. The summed E-state index contributed by atoms with van der Waals surface area (Å²) >= 11 is 3.19.